The van der Waals surface area contributed by atoms with E-state index >= 15 is 0 Å². The van der Waals surface area contributed by atoms with Gasteiger partial charge < -0.3 is 10.6 Å². The highest BCUT2D eigenvalue weighted by molar-refractivity contribution is 5.85. The van der Waals surface area contributed by atoms with Gasteiger partial charge in [0.15, 0.2) is 0 Å². The third kappa shape index (κ3) is 6.01. The van der Waals surface area contributed by atoms with E-state index in [1.165, 1.54) is 6.07 Å². The monoisotopic (exact) mass is 260 g/mol. The largest absolute Gasteiger partial charge is 0.324 e. The number of aryl methyl sites for hydroxylation is 1. The molecule has 1 aromatic carbocycles. The summed E-state index contributed by atoms with van der Waals surface area (Å²) < 4.78 is 12.9. The lowest BCUT2D eigenvalue weighted by Crippen LogP contribution is -2.43. The fourth-order valence-electron chi connectivity index (χ4n) is 1.88. The second-order valence-electron chi connectivity index (χ2n) is 5.23. The van der Waals surface area contributed by atoms with Crippen LogP contribution in [0.5, 0.6) is 0 Å². The van der Waals surface area contributed by atoms with Crippen molar-refractivity contribution in [3.05, 3.63) is 35.1 Å². The molecular formula is C13H22ClFN2. The summed E-state index contributed by atoms with van der Waals surface area (Å²) in [6, 6.07) is 4.91. The first-order valence-corrected chi connectivity index (χ1v) is 5.50. The van der Waals surface area contributed by atoms with E-state index in [-0.39, 0.29) is 23.8 Å². The van der Waals surface area contributed by atoms with Crippen molar-refractivity contribution >= 4 is 12.4 Å². The number of likely N-dealkylation sites (N-methyl/N-ethyl adjacent to an activating group) is 1. The summed E-state index contributed by atoms with van der Waals surface area (Å²) in [4.78, 5) is 2.15. The van der Waals surface area contributed by atoms with Crippen LogP contribution in [0.4, 0.5) is 4.39 Å². The number of nitrogens with zero attached hydrogens (tertiary/aromatic N) is 1. The van der Waals surface area contributed by atoms with Gasteiger partial charge in [0.25, 0.3) is 0 Å². The minimum absolute atomic E-state index is 0. The van der Waals surface area contributed by atoms with Gasteiger partial charge in [0, 0.05) is 18.6 Å². The van der Waals surface area contributed by atoms with Crippen molar-refractivity contribution in [2.24, 2.45) is 5.73 Å². The van der Waals surface area contributed by atoms with E-state index < -0.39 is 0 Å². The van der Waals surface area contributed by atoms with Crippen molar-refractivity contribution in [3.8, 4) is 0 Å². The van der Waals surface area contributed by atoms with E-state index in [2.05, 4.69) is 4.90 Å². The molecular weight excluding hydrogens is 239 g/mol. The van der Waals surface area contributed by atoms with Gasteiger partial charge >= 0.3 is 0 Å². The Kier molecular flexibility index (Phi) is 6.10. The highest BCUT2D eigenvalue weighted by atomic mass is 35.5. The smallest absolute Gasteiger partial charge is 0.123 e. The molecule has 0 saturated heterocycles. The molecule has 0 aliphatic carbocycles. The molecule has 0 amide bonds. The highest BCUT2D eigenvalue weighted by Crippen LogP contribution is 2.13. The second kappa shape index (κ2) is 6.34. The first kappa shape index (κ1) is 16.4. The van der Waals surface area contributed by atoms with E-state index in [0.29, 0.717) is 0 Å². The Morgan fingerprint density at radius 2 is 1.94 bits per heavy atom. The third-order valence-corrected chi connectivity index (χ3v) is 2.42. The molecule has 17 heavy (non-hydrogen) atoms. The second-order valence-corrected chi connectivity index (χ2v) is 5.23. The van der Waals surface area contributed by atoms with Crippen LogP contribution in [0.15, 0.2) is 18.2 Å². The molecule has 1 rings (SSSR count). The molecule has 0 aliphatic rings. The number of hydrogen-bond donors (Lipinski definition) is 1. The Morgan fingerprint density at radius 1 is 1.35 bits per heavy atom. The van der Waals surface area contributed by atoms with Crippen LogP contribution in [0.25, 0.3) is 0 Å². The minimum Gasteiger partial charge on any atom is -0.324 e. The van der Waals surface area contributed by atoms with E-state index in [1.54, 1.807) is 6.07 Å². The Hall–Kier alpha value is -0.640. The maximum absolute atomic E-state index is 12.9. The van der Waals surface area contributed by atoms with Crippen LogP contribution in [-0.2, 0) is 6.54 Å². The molecule has 0 unspecified atom stereocenters. The number of benzene rings is 1. The van der Waals surface area contributed by atoms with Gasteiger partial charge in [-0.3, -0.25) is 0 Å². The van der Waals surface area contributed by atoms with Crippen LogP contribution in [0.2, 0.25) is 0 Å². The average molecular weight is 261 g/mol. The van der Waals surface area contributed by atoms with Gasteiger partial charge in [-0.25, -0.2) is 4.39 Å². The zero-order chi connectivity index (χ0) is 12.3. The molecule has 2 N–H and O–H groups in total. The van der Waals surface area contributed by atoms with Gasteiger partial charge in [0.1, 0.15) is 5.82 Å². The van der Waals surface area contributed by atoms with Gasteiger partial charge in [-0.1, -0.05) is 6.07 Å². The normalized spacial score (nSPS) is 11.5. The SMILES string of the molecule is Cc1cc(F)ccc1CN(C)CC(C)(C)N.Cl. The maximum atomic E-state index is 12.9. The molecule has 0 atom stereocenters. The molecule has 0 fully saturated rings. The van der Waals surface area contributed by atoms with Crippen molar-refractivity contribution in [1.29, 1.82) is 0 Å². The van der Waals surface area contributed by atoms with E-state index in [1.807, 2.05) is 33.9 Å². The summed E-state index contributed by atoms with van der Waals surface area (Å²) in [6.45, 7) is 7.54. The topological polar surface area (TPSA) is 29.3 Å². The average Bonchev–Trinajstić information content (AvgIpc) is 2.06. The van der Waals surface area contributed by atoms with Crippen LogP contribution in [0.1, 0.15) is 25.0 Å². The number of halogens is 2. The van der Waals surface area contributed by atoms with Crippen LogP contribution in [-0.4, -0.2) is 24.0 Å². The maximum Gasteiger partial charge on any atom is 0.123 e. The zero-order valence-electron chi connectivity index (χ0n) is 11.0. The van der Waals surface area contributed by atoms with Crippen LogP contribution < -0.4 is 5.73 Å². The number of nitrogens with two attached hydrogens (primary N) is 1. The summed E-state index contributed by atoms with van der Waals surface area (Å²) in [6.07, 6.45) is 0. The van der Waals surface area contributed by atoms with Crippen LogP contribution in [0, 0.1) is 12.7 Å². The number of rotatable bonds is 4. The Morgan fingerprint density at radius 3 is 2.41 bits per heavy atom. The van der Waals surface area contributed by atoms with Crippen molar-refractivity contribution in [2.75, 3.05) is 13.6 Å². The first-order chi connectivity index (χ1) is 7.28. The molecule has 0 aliphatic heterocycles. The van der Waals surface area contributed by atoms with Gasteiger partial charge in [0.2, 0.25) is 0 Å². The predicted molar refractivity (Wildman–Crippen MR) is 73.0 cm³/mol. The van der Waals surface area contributed by atoms with Crippen molar-refractivity contribution in [2.45, 2.75) is 32.9 Å². The van der Waals surface area contributed by atoms with Gasteiger partial charge in [-0.05, 0) is 51.1 Å². The molecule has 98 valence electrons. The molecule has 1 aromatic rings. The zero-order valence-corrected chi connectivity index (χ0v) is 11.8. The highest BCUT2D eigenvalue weighted by Gasteiger charge is 2.14. The molecule has 0 saturated carbocycles. The molecule has 0 spiro atoms. The quantitative estimate of drug-likeness (QED) is 0.902. The Bertz CT molecular complexity index is 361. The lowest BCUT2D eigenvalue weighted by Gasteiger charge is -2.26. The standard InChI is InChI=1S/C13H21FN2.ClH/c1-10-7-12(14)6-5-11(10)8-16(4)9-13(2,3)15;/h5-7H,8-9,15H2,1-4H3;1H. The van der Waals surface area contributed by atoms with E-state index in [0.717, 1.165) is 24.2 Å². The van der Waals surface area contributed by atoms with Gasteiger partial charge in [-0.2, -0.15) is 0 Å². The molecule has 4 heteroatoms. The van der Waals surface area contributed by atoms with Crippen LogP contribution >= 0.6 is 12.4 Å². The molecule has 0 aromatic heterocycles. The van der Waals surface area contributed by atoms with E-state index in [4.69, 9.17) is 5.73 Å². The summed E-state index contributed by atoms with van der Waals surface area (Å²) in [5.74, 6) is -0.178. The summed E-state index contributed by atoms with van der Waals surface area (Å²) in [7, 11) is 2.03. The lowest BCUT2D eigenvalue weighted by molar-refractivity contribution is 0.263. The van der Waals surface area contributed by atoms with Crippen molar-refractivity contribution in [3.63, 3.8) is 0 Å². The molecule has 2 nitrogen and oxygen atoms in total. The Balaban J connectivity index is 0.00000256. The van der Waals surface area contributed by atoms with E-state index in [9.17, 15) is 4.39 Å². The Labute approximate surface area is 109 Å². The fourth-order valence-corrected chi connectivity index (χ4v) is 1.88. The van der Waals surface area contributed by atoms with Gasteiger partial charge in [-0.15, -0.1) is 12.4 Å². The van der Waals surface area contributed by atoms with Crippen molar-refractivity contribution in [1.82, 2.24) is 4.90 Å². The first-order valence-electron chi connectivity index (χ1n) is 5.50. The summed E-state index contributed by atoms with van der Waals surface area (Å²) >= 11 is 0. The molecule has 0 bridgehead atoms. The molecule has 0 radical (unpaired) electrons. The van der Waals surface area contributed by atoms with Crippen molar-refractivity contribution < 1.29 is 4.39 Å². The predicted octanol–water partition coefficient (Wildman–Crippen LogP) is 2.73. The lowest BCUT2D eigenvalue weighted by atomic mass is 10.1. The minimum atomic E-state index is -0.206. The number of hydrogen-bond acceptors (Lipinski definition) is 2. The van der Waals surface area contributed by atoms with Gasteiger partial charge in [0.05, 0.1) is 0 Å². The summed E-state index contributed by atoms with van der Waals surface area (Å²) in [5, 5.41) is 0. The third-order valence-electron chi connectivity index (χ3n) is 2.42. The molecule has 0 heterocycles. The van der Waals surface area contributed by atoms with Crippen LogP contribution in [0.3, 0.4) is 0 Å². The fraction of sp³-hybridized carbons (Fsp3) is 0.538. The summed E-state index contributed by atoms with van der Waals surface area (Å²) in [5.41, 5.74) is 7.88.